The second-order valence-electron chi connectivity index (χ2n) is 5.92. The molecule has 21 heavy (non-hydrogen) atoms. The Balaban J connectivity index is 1.46. The molecule has 0 bridgehead atoms. The molecular weight excluding hydrogens is 271 g/mol. The van der Waals surface area contributed by atoms with Crippen LogP contribution >= 0.6 is 0 Å². The fourth-order valence-electron chi connectivity index (χ4n) is 2.82. The van der Waals surface area contributed by atoms with Gasteiger partial charge in [0.15, 0.2) is 0 Å². The Labute approximate surface area is 123 Å². The summed E-state index contributed by atoms with van der Waals surface area (Å²) >= 11 is 0. The number of nitrogens with zero attached hydrogens (tertiary/aromatic N) is 1. The van der Waals surface area contributed by atoms with Gasteiger partial charge >= 0.3 is 0 Å². The highest BCUT2D eigenvalue weighted by molar-refractivity contribution is 5.80. The molecule has 1 saturated carbocycles. The van der Waals surface area contributed by atoms with Gasteiger partial charge in [-0.05, 0) is 24.5 Å². The highest BCUT2D eigenvalue weighted by atomic mass is 19.1. The zero-order chi connectivity index (χ0) is 14.8. The summed E-state index contributed by atoms with van der Waals surface area (Å²) in [6.45, 7) is 1.23. The molecule has 1 aromatic carbocycles. The van der Waals surface area contributed by atoms with E-state index < -0.39 is 0 Å². The van der Waals surface area contributed by atoms with E-state index in [1.54, 1.807) is 18.2 Å². The topological polar surface area (TPSA) is 49.4 Å². The quantitative estimate of drug-likeness (QED) is 0.893. The molecule has 4 nitrogen and oxygen atoms in total. The van der Waals surface area contributed by atoms with Gasteiger partial charge < -0.3 is 10.2 Å². The molecule has 0 spiro atoms. The van der Waals surface area contributed by atoms with Crippen LogP contribution in [0.15, 0.2) is 24.3 Å². The minimum atomic E-state index is -0.358. The molecule has 112 valence electrons. The molecule has 3 rings (SSSR count). The van der Waals surface area contributed by atoms with Crippen LogP contribution in [0.1, 0.15) is 24.8 Å². The second kappa shape index (κ2) is 5.84. The van der Waals surface area contributed by atoms with E-state index in [9.17, 15) is 14.0 Å². The van der Waals surface area contributed by atoms with Crippen molar-refractivity contribution < 1.29 is 14.0 Å². The molecule has 1 heterocycles. The van der Waals surface area contributed by atoms with Crippen LogP contribution in [0.5, 0.6) is 0 Å². The Morgan fingerprint density at radius 3 is 2.81 bits per heavy atom. The van der Waals surface area contributed by atoms with Gasteiger partial charge in [0.2, 0.25) is 11.8 Å². The number of rotatable bonds is 5. The molecule has 1 aliphatic heterocycles. The van der Waals surface area contributed by atoms with Gasteiger partial charge in [0.05, 0.1) is 6.42 Å². The lowest BCUT2D eigenvalue weighted by Gasteiger charge is -2.15. The zero-order valence-electron chi connectivity index (χ0n) is 11.8. The number of hydrogen-bond donors (Lipinski definition) is 1. The van der Waals surface area contributed by atoms with E-state index in [0.29, 0.717) is 24.6 Å². The molecule has 5 heteroatoms. The average molecular weight is 290 g/mol. The van der Waals surface area contributed by atoms with Crippen molar-refractivity contribution in [3.8, 4) is 0 Å². The third kappa shape index (κ3) is 3.40. The maximum atomic E-state index is 13.5. The fraction of sp³-hybridized carbons (Fsp3) is 0.500. The van der Waals surface area contributed by atoms with Gasteiger partial charge in [-0.25, -0.2) is 4.39 Å². The van der Waals surface area contributed by atoms with E-state index >= 15 is 0 Å². The number of halogens is 1. The van der Waals surface area contributed by atoms with Crippen molar-refractivity contribution in [2.24, 2.45) is 5.92 Å². The minimum absolute atomic E-state index is 0.0413. The summed E-state index contributed by atoms with van der Waals surface area (Å²) in [6.07, 6.45) is 2.77. The van der Waals surface area contributed by atoms with E-state index in [1.807, 2.05) is 4.90 Å². The van der Waals surface area contributed by atoms with Gasteiger partial charge in [-0.3, -0.25) is 9.59 Å². The first kappa shape index (κ1) is 14.0. The van der Waals surface area contributed by atoms with Crippen molar-refractivity contribution in [3.63, 3.8) is 0 Å². The number of carbonyl (C=O) groups excluding carboxylic acids is 2. The third-order valence-corrected chi connectivity index (χ3v) is 4.12. The zero-order valence-corrected chi connectivity index (χ0v) is 11.8. The number of hydrogen-bond acceptors (Lipinski definition) is 2. The maximum Gasteiger partial charge on any atom is 0.224 e. The first-order valence-electron chi connectivity index (χ1n) is 7.43. The lowest BCUT2D eigenvalue weighted by molar-refractivity contribution is -0.128. The molecule has 0 aromatic heterocycles. The molecule has 1 aliphatic carbocycles. The van der Waals surface area contributed by atoms with Gasteiger partial charge in [-0.1, -0.05) is 18.2 Å². The molecular formula is C16H19FN2O2. The average Bonchev–Trinajstić information content (AvgIpc) is 3.23. The predicted molar refractivity (Wildman–Crippen MR) is 76.0 cm³/mol. The van der Waals surface area contributed by atoms with Crippen LogP contribution in [-0.2, 0) is 16.0 Å². The van der Waals surface area contributed by atoms with E-state index in [4.69, 9.17) is 0 Å². The van der Waals surface area contributed by atoms with Crippen LogP contribution in [0.25, 0.3) is 0 Å². The Kier molecular flexibility index (Phi) is 3.90. The minimum Gasteiger partial charge on any atom is -0.355 e. The van der Waals surface area contributed by atoms with Crippen molar-refractivity contribution >= 4 is 11.8 Å². The monoisotopic (exact) mass is 290 g/mol. The smallest absolute Gasteiger partial charge is 0.224 e. The second-order valence-corrected chi connectivity index (χ2v) is 5.92. The molecule has 1 N–H and O–H groups in total. The van der Waals surface area contributed by atoms with E-state index in [-0.39, 0.29) is 30.0 Å². The summed E-state index contributed by atoms with van der Waals surface area (Å²) in [4.78, 5) is 25.6. The van der Waals surface area contributed by atoms with Gasteiger partial charge in [0.1, 0.15) is 5.82 Å². The molecule has 2 fully saturated rings. The highest BCUT2D eigenvalue weighted by Crippen LogP contribution is 2.32. The Morgan fingerprint density at radius 1 is 1.33 bits per heavy atom. The third-order valence-electron chi connectivity index (χ3n) is 4.12. The summed E-state index contributed by atoms with van der Waals surface area (Å²) in [7, 11) is 0. The van der Waals surface area contributed by atoms with Crippen molar-refractivity contribution in [3.05, 3.63) is 35.6 Å². The van der Waals surface area contributed by atoms with Crippen LogP contribution in [0.4, 0.5) is 4.39 Å². The van der Waals surface area contributed by atoms with Crippen LogP contribution in [-0.4, -0.2) is 35.8 Å². The van der Waals surface area contributed by atoms with Crippen molar-refractivity contribution in [2.75, 3.05) is 13.1 Å². The van der Waals surface area contributed by atoms with Crippen LogP contribution in [0.3, 0.4) is 0 Å². The van der Waals surface area contributed by atoms with Crippen LogP contribution in [0, 0.1) is 11.7 Å². The highest BCUT2D eigenvalue weighted by Gasteiger charge is 2.39. The molecule has 2 aliphatic rings. The first-order chi connectivity index (χ1) is 10.1. The number of benzene rings is 1. The number of nitrogens with one attached hydrogen (secondary N) is 1. The van der Waals surface area contributed by atoms with E-state index in [1.165, 1.54) is 6.07 Å². The normalized spacial score (nSPS) is 21.7. The molecule has 1 aromatic rings. The summed E-state index contributed by atoms with van der Waals surface area (Å²) in [5.74, 6) is -0.172. The Morgan fingerprint density at radius 2 is 2.10 bits per heavy atom. The SMILES string of the molecule is O=C(Cc1ccccc1F)NCC1CC(=O)N(C2CC2)C1. The van der Waals surface area contributed by atoms with Crippen molar-refractivity contribution in [2.45, 2.75) is 31.7 Å². The van der Waals surface area contributed by atoms with Gasteiger partial charge in [0, 0.05) is 31.5 Å². The standard InChI is InChI=1S/C16H19FN2O2/c17-14-4-2-1-3-12(14)8-15(20)18-9-11-7-16(21)19(10-11)13-5-6-13/h1-4,11,13H,5-10H2,(H,18,20). The van der Waals surface area contributed by atoms with Crippen molar-refractivity contribution in [1.29, 1.82) is 0 Å². The molecule has 1 unspecified atom stereocenters. The van der Waals surface area contributed by atoms with E-state index in [2.05, 4.69) is 5.32 Å². The molecule has 1 saturated heterocycles. The van der Waals surface area contributed by atoms with E-state index in [0.717, 1.165) is 19.4 Å². The molecule has 1 atom stereocenters. The van der Waals surface area contributed by atoms with Crippen molar-refractivity contribution in [1.82, 2.24) is 10.2 Å². The summed E-state index contributed by atoms with van der Waals surface area (Å²) in [6, 6.07) is 6.73. The maximum absolute atomic E-state index is 13.5. The van der Waals surface area contributed by atoms with Gasteiger partial charge in [0.25, 0.3) is 0 Å². The van der Waals surface area contributed by atoms with Crippen LogP contribution in [0.2, 0.25) is 0 Å². The lowest BCUT2D eigenvalue weighted by atomic mass is 10.1. The first-order valence-corrected chi connectivity index (χ1v) is 7.43. The van der Waals surface area contributed by atoms with Crippen LogP contribution < -0.4 is 5.32 Å². The lowest BCUT2D eigenvalue weighted by Crippen LogP contribution is -2.32. The predicted octanol–water partition coefficient (Wildman–Crippen LogP) is 1.50. The van der Waals surface area contributed by atoms with Gasteiger partial charge in [-0.2, -0.15) is 0 Å². The Hall–Kier alpha value is -1.91. The fourth-order valence-corrected chi connectivity index (χ4v) is 2.82. The summed E-state index contributed by atoms with van der Waals surface area (Å²) < 4.78 is 13.5. The Bertz CT molecular complexity index is 557. The largest absolute Gasteiger partial charge is 0.355 e. The summed E-state index contributed by atoms with van der Waals surface area (Å²) in [5.41, 5.74) is 0.400. The number of likely N-dealkylation sites (tertiary alicyclic amines) is 1. The van der Waals surface area contributed by atoms with Gasteiger partial charge in [-0.15, -0.1) is 0 Å². The summed E-state index contributed by atoms with van der Waals surface area (Å²) in [5, 5.41) is 2.82. The molecule has 0 radical (unpaired) electrons. The molecule has 2 amide bonds. The number of amides is 2. The number of carbonyl (C=O) groups is 2.